The van der Waals surface area contributed by atoms with Gasteiger partial charge in [0.2, 0.25) is 5.91 Å². The fourth-order valence-electron chi connectivity index (χ4n) is 5.09. The lowest BCUT2D eigenvalue weighted by molar-refractivity contribution is -0.141. The van der Waals surface area contributed by atoms with Crippen molar-refractivity contribution in [2.75, 3.05) is 32.8 Å². The van der Waals surface area contributed by atoms with Gasteiger partial charge in [-0.2, -0.15) is 0 Å². The van der Waals surface area contributed by atoms with Crippen LogP contribution in [-0.4, -0.2) is 64.9 Å². The molecular weight excluding hydrogens is 354 g/mol. The Morgan fingerprint density at radius 1 is 1.29 bits per heavy atom. The molecule has 3 aliphatic heterocycles. The molecule has 0 aliphatic carbocycles. The highest BCUT2D eigenvalue weighted by Gasteiger charge is 2.41. The van der Waals surface area contributed by atoms with Crippen molar-refractivity contribution >= 4 is 11.7 Å². The van der Waals surface area contributed by atoms with Gasteiger partial charge < -0.3 is 14.2 Å². The van der Waals surface area contributed by atoms with Gasteiger partial charge in [-0.05, 0) is 63.6 Å². The van der Waals surface area contributed by atoms with Gasteiger partial charge in [0.25, 0.3) is 0 Å². The van der Waals surface area contributed by atoms with Crippen molar-refractivity contribution in [1.82, 2.24) is 14.4 Å². The highest BCUT2D eigenvalue weighted by molar-refractivity contribution is 5.94. The molecule has 4 heterocycles. The van der Waals surface area contributed by atoms with Crippen LogP contribution < -0.4 is 0 Å². The van der Waals surface area contributed by atoms with Gasteiger partial charge in [-0.3, -0.25) is 14.5 Å². The number of hydrogen-bond acceptors (Lipinski definition) is 4. The molecule has 154 valence electrons. The molecule has 6 heteroatoms. The Kier molecular flexibility index (Phi) is 5.61. The largest absolute Gasteiger partial charge is 0.376 e. The third-order valence-electron chi connectivity index (χ3n) is 7.01. The molecule has 1 atom stereocenters. The van der Waals surface area contributed by atoms with Crippen molar-refractivity contribution in [2.24, 2.45) is 12.5 Å². The van der Waals surface area contributed by atoms with E-state index in [1.54, 1.807) is 6.92 Å². The minimum absolute atomic E-state index is 0.123. The SMILES string of the molecule is CC(=O)c1cc(CN2CCC3(CCC(=O)N(C[C@@H]4CCCO4)C3)CC2)n(C)c1. The predicted molar refractivity (Wildman–Crippen MR) is 107 cm³/mol. The lowest BCUT2D eigenvalue weighted by atomic mass is 9.72. The zero-order valence-corrected chi connectivity index (χ0v) is 17.3. The number of carbonyl (C=O) groups excluding carboxylic acids is 2. The van der Waals surface area contributed by atoms with Crippen molar-refractivity contribution < 1.29 is 14.3 Å². The molecule has 0 bridgehead atoms. The molecule has 1 aromatic rings. The normalized spacial score (nSPS) is 25.6. The Morgan fingerprint density at radius 2 is 2.07 bits per heavy atom. The lowest BCUT2D eigenvalue weighted by Gasteiger charge is -2.47. The predicted octanol–water partition coefficient (Wildman–Crippen LogP) is 2.61. The first-order chi connectivity index (χ1) is 13.4. The molecular formula is C22H33N3O3. The molecule has 0 N–H and O–H groups in total. The number of ketones is 1. The van der Waals surface area contributed by atoms with Crippen LogP contribution in [0.4, 0.5) is 0 Å². The number of ether oxygens (including phenoxy) is 1. The summed E-state index contributed by atoms with van der Waals surface area (Å²) in [5, 5.41) is 0. The van der Waals surface area contributed by atoms with E-state index in [-0.39, 0.29) is 17.3 Å². The second-order valence-electron chi connectivity index (χ2n) is 9.07. The summed E-state index contributed by atoms with van der Waals surface area (Å²) in [5.41, 5.74) is 2.27. The maximum Gasteiger partial charge on any atom is 0.222 e. The molecule has 1 spiro atoms. The van der Waals surface area contributed by atoms with E-state index in [0.29, 0.717) is 12.3 Å². The summed E-state index contributed by atoms with van der Waals surface area (Å²) in [4.78, 5) is 28.6. The zero-order chi connectivity index (χ0) is 19.7. The standard InChI is InChI=1S/C22H33N3O3/c1-17(26)18-12-19(23(2)13-18)14-24-9-7-22(8-10-24)6-5-21(27)25(16-22)15-20-4-3-11-28-20/h12-13,20H,3-11,14-16H2,1-2H3/t20-/m0/s1. The van der Waals surface area contributed by atoms with Crippen molar-refractivity contribution in [3.05, 3.63) is 23.5 Å². The van der Waals surface area contributed by atoms with Gasteiger partial charge >= 0.3 is 0 Å². The molecule has 28 heavy (non-hydrogen) atoms. The van der Waals surface area contributed by atoms with Gasteiger partial charge in [0, 0.05) is 57.2 Å². The highest BCUT2D eigenvalue weighted by atomic mass is 16.5. The van der Waals surface area contributed by atoms with Crippen LogP contribution in [0.15, 0.2) is 12.3 Å². The average Bonchev–Trinajstić information content (AvgIpc) is 3.31. The van der Waals surface area contributed by atoms with Gasteiger partial charge in [0.05, 0.1) is 6.10 Å². The molecule has 0 saturated carbocycles. The quantitative estimate of drug-likeness (QED) is 0.729. The van der Waals surface area contributed by atoms with E-state index in [9.17, 15) is 9.59 Å². The first kappa shape index (κ1) is 19.6. The van der Waals surface area contributed by atoms with Crippen molar-refractivity contribution in [3.63, 3.8) is 0 Å². The summed E-state index contributed by atoms with van der Waals surface area (Å²) in [6.07, 6.45) is 8.39. The first-order valence-electron chi connectivity index (χ1n) is 10.7. The molecule has 1 amide bonds. The Balaban J connectivity index is 1.33. The highest BCUT2D eigenvalue weighted by Crippen LogP contribution is 2.40. The first-order valence-corrected chi connectivity index (χ1v) is 10.7. The zero-order valence-electron chi connectivity index (χ0n) is 17.3. The maximum atomic E-state index is 12.4. The Morgan fingerprint density at radius 3 is 2.71 bits per heavy atom. The average molecular weight is 388 g/mol. The van der Waals surface area contributed by atoms with Crippen molar-refractivity contribution in [1.29, 1.82) is 0 Å². The lowest BCUT2D eigenvalue weighted by Crippen LogP contribution is -2.52. The maximum absolute atomic E-state index is 12.4. The van der Waals surface area contributed by atoms with E-state index in [0.717, 1.165) is 77.0 Å². The number of amides is 1. The minimum Gasteiger partial charge on any atom is -0.376 e. The van der Waals surface area contributed by atoms with Gasteiger partial charge in [0.15, 0.2) is 5.78 Å². The summed E-state index contributed by atoms with van der Waals surface area (Å²) >= 11 is 0. The van der Waals surface area contributed by atoms with E-state index in [1.165, 1.54) is 5.69 Å². The van der Waals surface area contributed by atoms with E-state index in [1.807, 2.05) is 19.3 Å². The number of carbonyl (C=O) groups is 2. The third-order valence-corrected chi connectivity index (χ3v) is 7.01. The number of Topliss-reactive ketones (excluding diaryl/α,β-unsaturated/α-hetero) is 1. The summed E-state index contributed by atoms with van der Waals surface area (Å²) in [6, 6.07) is 2.02. The monoisotopic (exact) mass is 387 g/mol. The number of likely N-dealkylation sites (tertiary alicyclic amines) is 2. The molecule has 3 saturated heterocycles. The fourth-order valence-corrected chi connectivity index (χ4v) is 5.09. The smallest absolute Gasteiger partial charge is 0.222 e. The second kappa shape index (κ2) is 7.99. The van der Waals surface area contributed by atoms with Gasteiger partial charge in [-0.1, -0.05) is 0 Å². The Hall–Kier alpha value is -1.66. The molecule has 6 nitrogen and oxygen atoms in total. The number of aryl methyl sites for hydroxylation is 1. The topological polar surface area (TPSA) is 54.8 Å². The molecule has 1 aromatic heterocycles. The third kappa shape index (κ3) is 4.18. The van der Waals surface area contributed by atoms with E-state index >= 15 is 0 Å². The van der Waals surface area contributed by atoms with Gasteiger partial charge in [0.1, 0.15) is 0 Å². The van der Waals surface area contributed by atoms with Crippen LogP contribution in [0, 0.1) is 5.41 Å². The fraction of sp³-hybridized carbons (Fsp3) is 0.727. The summed E-state index contributed by atoms with van der Waals surface area (Å²) < 4.78 is 7.84. The number of nitrogens with zero attached hydrogens (tertiary/aromatic N) is 3. The Labute approximate surface area is 167 Å². The molecule has 3 fully saturated rings. The summed E-state index contributed by atoms with van der Waals surface area (Å²) in [5.74, 6) is 0.432. The van der Waals surface area contributed by atoms with Crippen LogP contribution in [0.25, 0.3) is 0 Å². The number of hydrogen-bond donors (Lipinski definition) is 0. The van der Waals surface area contributed by atoms with Crippen LogP contribution in [0.1, 0.15) is 61.5 Å². The van der Waals surface area contributed by atoms with Gasteiger partial charge in [-0.25, -0.2) is 0 Å². The van der Waals surface area contributed by atoms with E-state index in [2.05, 4.69) is 14.4 Å². The molecule has 0 radical (unpaired) electrons. The summed E-state index contributed by atoms with van der Waals surface area (Å²) in [7, 11) is 2.02. The molecule has 0 unspecified atom stereocenters. The van der Waals surface area contributed by atoms with E-state index in [4.69, 9.17) is 4.74 Å². The van der Waals surface area contributed by atoms with E-state index < -0.39 is 0 Å². The minimum atomic E-state index is 0.123. The number of piperidine rings is 2. The van der Waals surface area contributed by atoms with Crippen LogP contribution in [-0.2, 0) is 23.1 Å². The molecule has 4 rings (SSSR count). The van der Waals surface area contributed by atoms with Gasteiger partial charge in [-0.15, -0.1) is 0 Å². The van der Waals surface area contributed by atoms with Crippen molar-refractivity contribution in [3.8, 4) is 0 Å². The van der Waals surface area contributed by atoms with Crippen LogP contribution in [0.2, 0.25) is 0 Å². The number of rotatable bonds is 5. The molecule has 0 aromatic carbocycles. The Bertz CT molecular complexity index is 727. The van der Waals surface area contributed by atoms with Crippen LogP contribution in [0.3, 0.4) is 0 Å². The second-order valence-corrected chi connectivity index (χ2v) is 9.07. The van der Waals surface area contributed by atoms with Crippen LogP contribution >= 0.6 is 0 Å². The number of aromatic nitrogens is 1. The van der Waals surface area contributed by atoms with Crippen molar-refractivity contribution in [2.45, 2.75) is 58.1 Å². The summed E-state index contributed by atoms with van der Waals surface area (Å²) in [6.45, 7) is 7.15. The molecule has 3 aliphatic rings. The van der Waals surface area contributed by atoms with Crippen LogP contribution in [0.5, 0.6) is 0 Å².